The summed E-state index contributed by atoms with van der Waals surface area (Å²) in [5, 5.41) is 4.90. The number of benzene rings is 1. The number of thiophene rings is 1. The van der Waals surface area contributed by atoms with Gasteiger partial charge in [0.25, 0.3) is 10.0 Å². The minimum atomic E-state index is -3.55. The molecule has 1 N–H and O–H groups in total. The molecule has 3 aliphatic heterocycles. The zero-order valence-electron chi connectivity index (χ0n) is 18.3. The molecule has 4 heterocycles. The smallest absolute Gasteiger partial charge is 0.252 e. The number of nitrogens with zero attached hydrogens (tertiary/aromatic N) is 1. The first-order valence-corrected chi connectivity index (χ1v) is 13.6. The van der Waals surface area contributed by atoms with Crippen LogP contribution in [-0.4, -0.2) is 58.3 Å². The van der Waals surface area contributed by atoms with Crippen molar-refractivity contribution < 1.29 is 27.4 Å². The second kappa shape index (κ2) is 9.25. The van der Waals surface area contributed by atoms with Crippen LogP contribution in [0.15, 0.2) is 39.9 Å². The number of carbonyl (C=O) groups is 1. The number of nitrogens with one attached hydrogen (secondary N) is 1. The summed E-state index contributed by atoms with van der Waals surface area (Å²) in [5.74, 6) is 1.01. The average molecular weight is 493 g/mol. The lowest BCUT2D eigenvalue weighted by Crippen LogP contribution is -2.49. The van der Waals surface area contributed by atoms with Gasteiger partial charge in [0.1, 0.15) is 4.21 Å². The van der Waals surface area contributed by atoms with E-state index < -0.39 is 10.0 Å². The van der Waals surface area contributed by atoms with Gasteiger partial charge in [-0.1, -0.05) is 12.1 Å². The summed E-state index contributed by atoms with van der Waals surface area (Å²) in [5.41, 5.74) is 0.840. The maximum absolute atomic E-state index is 13.2. The quantitative estimate of drug-likeness (QED) is 0.667. The number of carbonyl (C=O) groups excluding carboxylic acids is 1. The summed E-state index contributed by atoms with van der Waals surface area (Å²) >= 11 is 1.21. The Hall–Kier alpha value is -2.14. The highest BCUT2D eigenvalue weighted by Crippen LogP contribution is 2.40. The third-order valence-electron chi connectivity index (χ3n) is 6.88. The highest BCUT2D eigenvalue weighted by molar-refractivity contribution is 7.91. The molecule has 1 unspecified atom stereocenters. The zero-order valence-corrected chi connectivity index (χ0v) is 20.0. The molecule has 3 aliphatic rings. The summed E-state index contributed by atoms with van der Waals surface area (Å²) in [6.07, 6.45) is 2.93. The third-order valence-corrected chi connectivity index (χ3v) is 10.1. The van der Waals surface area contributed by atoms with Gasteiger partial charge in [-0.15, -0.1) is 11.3 Å². The molecule has 0 saturated carbocycles. The van der Waals surface area contributed by atoms with E-state index in [2.05, 4.69) is 5.32 Å². The molecule has 0 aliphatic carbocycles. The molecular formula is C23H28N2O6S2. The first kappa shape index (κ1) is 22.6. The van der Waals surface area contributed by atoms with E-state index in [0.29, 0.717) is 43.4 Å². The van der Waals surface area contributed by atoms with E-state index in [1.807, 2.05) is 18.2 Å². The standard InChI is InChI=1S/C23H28N2O6S2/c26-22(17-3-1-9-25(14-17)33(27,28)21-4-2-12-32-21)24-15-23(7-10-29-11-8-23)18-5-6-19-20(13-18)31-16-30-19/h2,4-6,12-13,17H,1,3,7-11,14-16H2,(H,24,26). The molecule has 2 fully saturated rings. The second-order valence-corrected chi connectivity index (χ2v) is 11.9. The molecule has 0 bridgehead atoms. The Bertz CT molecular complexity index is 1100. The van der Waals surface area contributed by atoms with Crippen LogP contribution in [0, 0.1) is 5.92 Å². The Kier molecular flexibility index (Phi) is 6.34. The summed E-state index contributed by atoms with van der Waals surface area (Å²) in [4.78, 5) is 13.2. The topological polar surface area (TPSA) is 94.2 Å². The van der Waals surface area contributed by atoms with E-state index in [0.717, 1.165) is 29.9 Å². The lowest BCUT2D eigenvalue weighted by molar-refractivity contribution is -0.126. The Morgan fingerprint density at radius 1 is 1.18 bits per heavy atom. The molecule has 10 heteroatoms. The zero-order chi connectivity index (χ0) is 22.9. The van der Waals surface area contributed by atoms with Crippen molar-refractivity contribution in [1.29, 1.82) is 0 Å². The summed E-state index contributed by atoms with van der Waals surface area (Å²) in [7, 11) is -3.55. The van der Waals surface area contributed by atoms with E-state index in [1.165, 1.54) is 15.6 Å². The van der Waals surface area contributed by atoms with Crippen LogP contribution >= 0.6 is 11.3 Å². The number of rotatable bonds is 6. The molecule has 1 aromatic heterocycles. The van der Waals surface area contributed by atoms with Crippen molar-refractivity contribution >= 4 is 27.3 Å². The van der Waals surface area contributed by atoms with Crippen LogP contribution in [-0.2, 0) is 25.0 Å². The van der Waals surface area contributed by atoms with Gasteiger partial charge < -0.3 is 19.5 Å². The van der Waals surface area contributed by atoms with Crippen molar-refractivity contribution in [2.75, 3.05) is 39.6 Å². The van der Waals surface area contributed by atoms with Crippen LogP contribution in [0.5, 0.6) is 11.5 Å². The lowest BCUT2D eigenvalue weighted by atomic mass is 9.74. The van der Waals surface area contributed by atoms with Gasteiger partial charge in [0.15, 0.2) is 11.5 Å². The van der Waals surface area contributed by atoms with Gasteiger partial charge in [-0.25, -0.2) is 8.42 Å². The summed E-state index contributed by atoms with van der Waals surface area (Å²) in [6.45, 7) is 2.61. The van der Waals surface area contributed by atoms with Crippen molar-refractivity contribution in [3.05, 3.63) is 41.3 Å². The number of fused-ring (bicyclic) bond motifs is 1. The van der Waals surface area contributed by atoms with Gasteiger partial charge in [-0.2, -0.15) is 4.31 Å². The molecule has 0 spiro atoms. The van der Waals surface area contributed by atoms with E-state index >= 15 is 0 Å². The molecule has 2 aromatic rings. The van der Waals surface area contributed by atoms with Crippen molar-refractivity contribution in [1.82, 2.24) is 9.62 Å². The Morgan fingerprint density at radius 3 is 2.79 bits per heavy atom. The SMILES string of the molecule is O=C(NCC1(c2ccc3c(c2)OCO3)CCOCC1)C1CCCN(S(=O)(=O)c2cccs2)C1. The lowest BCUT2D eigenvalue weighted by Gasteiger charge is -2.39. The molecule has 178 valence electrons. The largest absolute Gasteiger partial charge is 0.454 e. The molecule has 8 nitrogen and oxygen atoms in total. The number of amides is 1. The van der Waals surface area contributed by atoms with E-state index in [9.17, 15) is 13.2 Å². The molecule has 1 atom stereocenters. The maximum atomic E-state index is 13.2. The number of hydrogen-bond donors (Lipinski definition) is 1. The molecule has 5 rings (SSSR count). The van der Waals surface area contributed by atoms with Gasteiger partial charge in [-0.3, -0.25) is 4.79 Å². The first-order chi connectivity index (χ1) is 16.0. The fraction of sp³-hybridized carbons (Fsp3) is 0.522. The normalized spacial score (nSPS) is 22.7. The van der Waals surface area contributed by atoms with Gasteiger partial charge in [0.05, 0.1) is 5.92 Å². The van der Waals surface area contributed by atoms with Gasteiger partial charge >= 0.3 is 0 Å². The number of ether oxygens (including phenoxy) is 3. The molecule has 2 saturated heterocycles. The first-order valence-electron chi connectivity index (χ1n) is 11.3. The molecular weight excluding hydrogens is 464 g/mol. The predicted molar refractivity (Wildman–Crippen MR) is 123 cm³/mol. The van der Waals surface area contributed by atoms with Crippen molar-refractivity contribution in [2.24, 2.45) is 5.92 Å². The maximum Gasteiger partial charge on any atom is 0.252 e. The van der Waals surface area contributed by atoms with Crippen molar-refractivity contribution in [2.45, 2.75) is 35.3 Å². The second-order valence-electron chi connectivity index (χ2n) is 8.81. The van der Waals surface area contributed by atoms with Crippen LogP contribution in [0.2, 0.25) is 0 Å². The summed E-state index contributed by atoms with van der Waals surface area (Å²) < 4.78 is 44.2. The van der Waals surface area contributed by atoms with Crippen molar-refractivity contribution in [3.8, 4) is 11.5 Å². The summed E-state index contributed by atoms with van der Waals surface area (Å²) in [6, 6.07) is 9.32. The highest BCUT2D eigenvalue weighted by atomic mass is 32.2. The van der Waals surface area contributed by atoms with Crippen molar-refractivity contribution in [3.63, 3.8) is 0 Å². The molecule has 1 amide bonds. The van der Waals surface area contributed by atoms with Crippen LogP contribution in [0.1, 0.15) is 31.2 Å². The minimum Gasteiger partial charge on any atom is -0.454 e. The number of sulfonamides is 1. The molecule has 1 aromatic carbocycles. The average Bonchev–Trinajstić information content (AvgIpc) is 3.55. The van der Waals surface area contributed by atoms with Gasteiger partial charge in [-0.05, 0) is 54.8 Å². The van der Waals surface area contributed by atoms with Gasteiger partial charge in [0.2, 0.25) is 12.7 Å². The number of hydrogen-bond acceptors (Lipinski definition) is 7. The van der Waals surface area contributed by atoms with E-state index in [1.54, 1.807) is 17.5 Å². The highest BCUT2D eigenvalue weighted by Gasteiger charge is 2.38. The Labute approximate surface area is 197 Å². The molecule has 33 heavy (non-hydrogen) atoms. The third kappa shape index (κ3) is 4.49. The van der Waals surface area contributed by atoms with Crippen LogP contribution in [0.3, 0.4) is 0 Å². The monoisotopic (exact) mass is 492 g/mol. The fourth-order valence-electron chi connectivity index (χ4n) is 4.87. The van der Waals surface area contributed by atoms with Crippen LogP contribution in [0.25, 0.3) is 0 Å². The minimum absolute atomic E-state index is 0.0901. The van der Waals surface area contributed by atoms with Crippen LogP contribution in [0.4, 0.5) is 0 Å². The number of piperidine rings is 1. The van der Waals surface area contributed by atoms with E-state index in [-0.39, 0.29) is 30.6 Å². The Morgan fingerprint density at radius 2 is 2.00 bits per heavy atom. The fourth-order valence-corrected chi connectivity index (χ4v) is 7.54. The van der Waals surface area contributed by atoms with Crippen LogP contribution < -0.4 is 14.8 Å². The Balaban J connectivity index is 1.28. The predicted octanol–water partition coefficient (Wildman–Crippen LogP) is 2.74. The van der Waals surface area contributed by atoms with Gasteiger partial charge in [0, 0.05) is 38.3 Å². The van der Waals surface area contributed by atoms with E-state index in [4.69, 9.17) is 14.2 Å². The molecule has 0 radical (unpaired) electrons.